The Kier molecular flexibility index (Phi) is 6.02. The van der Waals surface area contributed by atoms with Crippen LogP contribution in [-0.2, 0) is 6.54 Å². The normalized spacial score (nSPS) is 10.6. The predicted molar refractivity (Wildman–Crippen MR) is 92.7 cm³/mol. The van der Waals surface area contributed by atoms with Gasteiger partial charge in [0.15, 0.2) is 0 Å². The van der Waals surface area contributed by atoms with Gasteiger partial charge < -0.3 is 10.6 Å². The Hall–Kier alpha value is -1.59. The number of halogens is 2. The lowest BCUT2D eigenvalue weighted by Gasteiger charge is -2.05. The first kappa shape index (κ1) is 15.8. The van der Waals surface area contributed by atoms with Crippen molar-refractivity contribution in [3.8, 4) is 0 Å². The van der Waals surface area contributed by atoms with Crippen LogP contribution in [0.1, 0.15) is 11.1 Å². The van der Waals surface area contributed by atoms with Crippen molar-refractivity contribution in [2.45, 2.75) is 6.54 Å². The molecule has 2 amide bonds. The van der Waals surface area contributed by atoms with Gasteiger partial charge in [-0.1, -0.05) is 56.1 Å². The molecular formula is C16H14Br2N2O. The van der Waals surface area contributed by atoms with E-state index in [9.17, 15) is 4.79 Å². The van der Waals surface area contributed by atoms with Crippen molar-refractivity contribution >= 4 is 44.0 Å². The van der Waals surface area contributed by atoms with E-state index in [1.807, 2.05) is 54.6 Å². The Morgan fingerprint density at radius 3 is 2.14 bits per heavy atom. The van der Waals surface area contributed by atoms with E-state index in [1.54, 1.807) is 6.20 Å². The SMILES string of the molecule is O=C(N/C=C/c1ccc(Br)cc1)NCc1ccc(Br)cc1. The molecule has 0 saturated heterocycles. The molecule has 0 heterocycles. The summed E-state index contributed by atoms with van der Waals surface area (Å²) in [5, 5.41) is 5.47. The molecule has 0 aromatic heterocycles. The van der Waals surface area contributed by atoms with Crippen LogP contribution >= 0.6 is 31.9 Å². The highest BCUT2D eigenvalue weighted by molar-refractivity contribution is 9.10. The average Bonchev–Trinajstić information content (AvgIpc) is 2.49. The van der Waals surface area contributed by atoms with Crippen LogP contribution in [0.15, 0.2) is 63.7 Å². The van der Waals surface area contributed by atoms with Crippen LogP contribution in [0.3, 0.4) is 0 Å². The van der Waals surface area contributed by atoms with E-state index in [2.05, 4.69) is 42.5 Å². The van der Waals surface area contributed by atoms with Gasteiger partial charge in [-0.2, -0.15) is 0 Å². The molecule has 108 valence electrons. The molecular weight excluding hydrogens is 396 g/mol. The third-order valence-electron chi connectivity index (χ3n) is 2.73. The zero-order valence-electron chi connectivity index (χ0n) is 11.1. The number of benzene rings is 2. The molecule has 5 heteroatoms. The van der Waals surface area contributed by atoms with Crippen molar-refractivity contribution in [1.82, 2.24) is 10.6 Å². The second-order valence-electron chi connectivity index (χ2n) is 4.34. The first-order valence-corrected chi connectivity index (χ1v) is 7.93. The summed E-state index contributed by atoms with van der Waals surface area (Å²) >= 11 is 6.75. The topological polar surface area (TPSA) is 41.1 Å². The lowest BCUT2D eigenvalue weighted by atomic mass is 10.2. The number of nitrogens with one attached hydrogen (secondary N) is 2. The molecule has 2 aromatic rings. The Bertz CT molecular complexity index is 622. The molecule has 0 saturated carbocycles. The lowest BCUT2D eigenvalue weighted by molar-refractivity contribution is 0.244. The first-order valence-electron chi connectivity index (χ1n) is 6.34. The Balaban J connectivity index is 1.77. The van der Waals surface area contributed by atoms with E-state index in [0.717, 1.165) is 20.1 Å². The number of rotatable bonds is 4. The van der Waals surface area contributed by atoms with E-state index in [-0.39, 0.29) is 6.03 Å². The number of carbonyl (C=O) groups is 1. The fourth-order valence-corrected chi connectivity index (χ4v) is 2.15. The molecule has 0 atom stereocenters. The van der Waals surface area contributed by atoms with Crippen LogP contribution in [0.25, 0.3) is 6.08 Å². The largest absolute Gasteiger partial charge is 0.334 e. The molecule has 2 rings (SSSR count). The zero-order valence-corrected chi connectivity index (χ0v) is 14.3. The molecule has 0 aliphatic rings. The maximum Gasteiger partial charge on any atom is 0.319 e. The van der Waals surface area contributed by atoms with Crippen LogP contribution in [0.4, 0.5) is 4.79 Å². The molecule has 0 spiro atoms. The van der Waals surface area contributed by atoms with Crippen molar-refractivity contribution in [2.75, 3.05) is 0 Å². The number of amides is 2. The predicted octanol–water partition coefficient (Wildman–Crippen LogP) is 4.68. The fourth-order valence-electron chi connectivity index (χ4n) is 1.62. The summed E-state index contributed by atoms with van der Waals surface area (Å²) in [6.07, 6.45) is 3.46. The van der Waals surface area contributed by atoms with Crippen molar-refractivity contribution in [3.63, 3.8) is 0 Å². The molecule has 0 aliphatic heterocycles. The quantitative estimate of drug-likeness (QED) is 0.756. The molecule has 0 fully saturated rings. The summed E-state index contributed by atoms with van der Waals surface area (Å²) in [4.78, 5) is 11.6. The number of hydrogen-bond acceptors (Lipinski definition) is 1. The molecule has 0 radical (unpaired) electrons. The summed E-state index contributed by atoms with van der Waals surface area (Å²) in [6.45, 7) is 0.491. The molecule has 0 aliphatic carbocycles. The Morgan fingerprint density at radius 1 is 0.952 bits per heavy atom. The Labute approximate surface area is 140 Å². The third-order valence-corrected chi connectivity index (χ3v) is 3.78. The standard InChI is InChI=1S/C16H14Br2N2O/c17-14-5-1-12(2-6-14)9-10-19-16(21)20-11-13-3-7-15(18)8-4-13/h1-10H,11H2,(H2,19,20,21)/b10-9+. The van der Waals surface area contributed by atoms with Crippen LogP contribution in [0.2, 0.25) is 0 Å². The van der Waals surface area contributed by atoms with E-state index in [1.165, 1.54) is 0 Å². The van der Waals surface area contributed by atoms with Gasteiger partial charge in [-0.05, 0) is 41.5 Å². The molecule has 21 heavy (non-hydrogen) atoms. The number of hydrogen-bond donors (Lipinski definition) is 2. The monoisotopic (exact) mass is 408 g/mol. The summed E-state index contributed by atoms with van der Waals surface area (Å²) in [5.41, 5.74) is 2.07. The summed E-state index contributed by atoms with van der Waals surface area (Å²) < 4.78 is 2.05. The molecule has 3 nitrogen and oxygen atoms in total. The number of urea groups is 1. The van der Waals surface area contributed by atoms with Crippen LogP contribution < -0.4 is 10.6 Å². The van der Waals surface area contributed by atoms with E-state index >= 15 is 0 Å². The molecule has 0 unspecified atom stereocenters. The van der Waals surface area contributed by atoms with Crippen molar-refractivity contribution in [3.05, 3.63) is 74.8 Å². The van der Waals surface area contributed by atoms with Gasteiger partial charge in [-0.3, -0.25) is 0 Å². The minimum absolute atomic E-state index is 0.230. The minimum atomic E-state index is -0.230. The second kappa shape index (κ2) is 8.00. The second-order valence-corrected chi connectivity index (χ2v) is 6.17. The van der Waals surface area contributed by atoms with Crippen LogP contribution in [-0.4, -0.2) is 6.03 Å². The smallest absolute Gasteiger partial charge is 0.319 e. The highest BCUT2D eigenvalue weighted by atomic mass is 79.9. The van der Waals surface area contributed by atoms with Gasteiger partial charge in [-0.15, -0.1) is 0 Å². The maximum absolute atomic E-state index is 11.6. The van der Waals surface area contributed by atoms with Gasteiger partial charge in [0.1, 0.15) is 0 Å². The first-order chi connectivity index (χ1) is 10.1. The van der Waals surface area contributed by atoms with Gasteiger partial charge in [0.25, 0.3) is 0 Å². The average molecular weight is 410 g/mol. The van der Waals surface area contributed by atoms with Crippen molar-refractivity contribution in [1.29, 1.82) is 0 Å². The summed E-state index contributed by atoms with van der Waals surface area (Å²) in [6, 6.07) is 15.4. The molecule has 0 bridgehead atoms. The van der Waals surface area contributed by atoms with Gasteiger partial charge in [0.05, 0.1) is 0 Å². The molecule has 2 aromatic carbocycles. The Morgan fingerprint density at radius 2 is 1.52 bits per heavy atom. The summed E-state index contributed by atoms with van der Waals surface area (Å²) in [7, 11) is 0. The van der Waals surface area contributed by atoms with Crippen molar-refractivity contribution in [2.24, 2.45) is 0 Å². The van der Waals surface area contributed by atoms with E-state index in [0.29, 0.717) is 6.54 Å². The highest BCUT2D eigenvalue weighted by Gasteiger charge is 1.98. The van der Waals surface area contributed by atoms with Gasteiger partial charge >= 0.3 is 6.03 Å². The fraction of sp³-hybridized carbons (Fsp3) is 0.0625. The molecule has 2 N–H and O–H groups in total. The van der Waals surface area contributed by atoms with Crippen molar-refractivity contribution < 1.29 is 4.79 Å². The van der Waals surface area contributed by atoms with Crippen LogP contribution in [0, 0.1) is 0 Å². The van der Waals surface area contributed by atoms with E-state index in [4.69, 9.17) is 0 Å². The van der Waals surface area contributed by atoms with Gasteiger partial charge in [0.2, 0.25) is 0 Å². The number of carbonyl (C=O) groups excluding carboxylic acids is 1. The third kappa shape index (κ3) is 5.73. The van der Waals surface area contributed by atoms with Gasteiger partial charge in [-0.25, -0.2) is 4.79 Å². The van der Waals surface area contributed by atoms with Gasteiger partial charge in [0, 0.05) is 21.7 Å². The zero-order chi connectivity index (χ0) is 15.1. The highest BCUT2D eigenvalue weighted by Crippen LogP contribution is 2.11. The summed E-state index contributed by atoms with van der Waals surface area (Å²) in [5.74, 6) is 0. The van der Waals surface area contributed by atoms with Crippen LogP contribution in [0.5, 0.6) is 0 Å². The van der Waals surface area contributed by atoms with E-state index < -0.39 is 0 Å². The minimum Gasteiger partial charge on any atom is -0.334 e. The lowest BCUT2D eigenvalue weighted by Crippen LogP contribution is -2.31. The maximum atomic E-state index is 11.6.